The summed E-state index contributed by atoms with van der Waals surface area (Å²) in [6.45, 7) is 1.44. The van der Waals surface area contributed by atoms with Crippen molar-refractivity contribution >= 4 is 18.5 Å². The van der Waals surface area contributed by atoms with E-state index in [4.69, 9.17) is 0 Å². The van der Waals surface area contributed by atoms with Gasteiger partial charge in [0.1, 0.15) is 0 Å². The first kappa shape index (κ1) is 31.4. The lowest BCUT2D eigenvalue weighted by molar-refractivity contribution is -0.143. The Bertz CT molecular complexity index is 1310. The van der Waals surface area contributed by atoms with Gasteiger partial charge in [-0.1, -0.05) is 42.8 Å². The number of alkyl halides is 9. The smallest absolute Gasteiger partial charge is 0.302 e. The summed E-state index contributed by atoms with van der Waals surface area (Å²) in [5, 5.41) is -0.120. The van der Waals surface area contributed by atoms with Crippen LogP contribution in [0.15, 0.2) is 66.7 Å². The highest BCUT2D eigenvalue weighted by atomic mass is 31.1. The molecule has 222 valence electrons. The van der Waals surface area contributed by atoms with Gasteiger partial charge >= 0.3 is 18.5 Å². The summed E-state index contributed by atoms with van der Waals surface area (Å²) in [6.07, 6.45) is -13.2. The minimum atomic E-state index is -5.08. The van der Waals surface area contributed by atoms with Crippen molar-refractivity contribution < 1.29 is 39.5 Å². The van der Waals surface area contributed by atoms with Crippen LogP contribution in [-0.4, -0.2) is 24.7 Å². The molecule has 0 aliphatic heterocycles. The van der Waals surface area contributed by atoms with Crippen molar-refractivity contribution in [2.45, 2.75) is 56.4 Å². The lowest BCUT2D eigenvalue weighted by Gasteiger charge is -2.38. The SMILES string of the molecule is Cc1cc(P(c2cc(C(F)(F)F)cc(C(F)(F)F)c2)C2CCCC2[C@@H](c2ccccc2)N(C)C)cc(C(F)(F)F)c1. The molecule has 0 radical (unpaired) electrons. The van der Waals surface area contributed by atoms with Crippen LogP contribution in [0, 0.1) is 12.8 Å². The molecule has 41 heavy (non-hydrogen) atoms. The van der Waals surface area contributed by atoms with Crippen molar-refractivity contribution in [2.24, 2.45) is 5.92 Å². The molecule has 3 unspecified atom stereocenters. The molecule has 1 fully saturated rings. The van der Waals surface area contributed by atoms with Gasteiger partial charge in [0, 0.05) is 6.04 Å². The van der Waals surface area contributed by atoms with Gasteiger partial charge in [-0.3, -0.25) is 0 Å². The van der Waals surface area contributed by atoms with Crippen molar-refractivity contribution in [3.05, 3.63) is 94.5 Å². The number of hydrogen-bond donors (Lipinski definition) is 0. The van der Waals surface area contributed by atoms with Gasteiger partial charge in [-0.15, -0.1) is 0 Å². The number of hydrogen-bond acceptors (Lipinski definition) is 1. The topological polar surface area (TPSA) is 3.24 Å². The van der Waals surface area contributed by atoms with E-state index >= 15 is 0 Å². The first-order chi connectivity index (χ1) is 19.0. The van der Waals surface area contributed by atoms with Crippen molar-refractivity contribution in [1.29, 1.82) is 0 Å². The summed E-state index contributed by atoms with van der Waals surface area (Å²) in [6, 6.07) is 13.8. The Kier molecular flexibility index (Phi) is 8.87. The molecule has 3 aromatic rings. The van der Waals surface area contributed by atoms with Crippen molar-refractivity contribution in [1.82, 2.24) is 4.90 Å². The summed E-state index contributed by atoms with van der Waals surface area (Å²) >= 11 is 0. The van der Waals surface area contributed by atoms with E-state index in [-0.39, 0.29) is 34.2 Å². The van der Waals surface area contributed by atoms with Gasteiger partial charge in [-0.2, -0.15) is 39.5 Å². The van der Waals surface area contributed by atoms with Gasteiger partial charge < -0.3 is 4.90 Å². The number of halogens is 9. The summed E-state index contributed by atoms with van der Waals surface area (Å²) in [5.41, 5.74) is -3.24. The van der Waals surface area contributed by atoms with E-state index in [9.17, 15) is 39.5 Å². The molecule has 4 rings (SSSR count). The first-order valence-corrected chi connectivity index (χ1v) is 14.4. The summed E-state index contributed by atoms with van der Waals surface area (Å²) in [7, 11) is 1.61. The van der Waals surface area contributed by atoms with Crippen LogP contribution < -0.4 is 10.6 Å². The van der Waals surface area contributed by atoms with Gasteiger partial charge in [-0.05, 0) is 105 Å². The molecule has 1 nitrogen and oxygen atoms in total. The largest absolute Gasteiger partial charge is 0.416 e. The third-order valence-corrected chi connectivity index (χ3v) is 10.4. The zero-order chi connectivity index (χ0) is 30.3. The summed E-state index contributed by atoms with van der Waals surface area (Å²) < 4.78 is 125. The second kappa shape index (κ2) is 11.6. The van der Waals surface area contributed by atoms with Gasteiger partial charge in [-0.25, -0.2) is 0 Å². The van der Waals surface area contributed by atoms with Crippen LogP contribution in [0.5, 0.6) is 0 Å². The molecule has 0 saturated heterocycles. The third kappa shape index (κ3) is 7.08. The van der Waals surface area contributed by atoms with Gasteiger partial charge in [0.15, 0.2) is 0 Å². The maximum Gasteiger partial charge on any atom is 0.416 e. The highest BCUT2D eigenvalue weighted by Gasteiger charge is 2.44. The Labute approximate surface area is 234 Å². The van der Waals surface area contributed by atoms with Crippen LogP contribution in [0.1, 0.15) is 53.1 Å². The number of benzene rings is 3. The van der Waals surface area contributed by atoms with Crippen molar-refractivity contribution in [3.63, 3.8) is 0 Å². The minimum absolute atomic E-state index is 0.0626. The van der Waals surface area contributed by atoms with E-state index < -0.39 is 48.8 Å². The van der Waals surface area contributed by atoms with Gasteiger partial charge in [0.05, 0.1) is 16.7 Å². The van der Waals surface area contributed by atoms with Crippen LogP contribution in [0.3, 0.4) is 0 Å². The molecule has 0 spiro atoms. The minimum Gasteiger partial charge on any atom is -0.302 e. The van der Waals surface area contributed by atoms with Crippen molar-refractivity contribution in [2.75, 3.05) is 14.1 Å². The van der Waals surface area contributed by atoms with Crippen LogP contribution in [0.25, 0.3) is 0 Å². The maximum absolute atomic E-state index is 13.9. The lowest BCUT2D eigenvalue weighted by Crippen LogP contribution is -2.35. The molecule has 0 aromatic heterocycles. The zero-order valence-electron chi connectivity index (χ0n) is 22.5. The van der Waals surface area contributed by atoms with Crippen LogP contribution in [0.4, 0.5) is 39.5 Å². The second-order valence-corrected chi connectivity index (χ2v) is 13.1. The average Bonchev–Trinajstić information content (AvgIpc) is 3.31. The molecule has 0 amide bonds. The Morgan fingerprint density at radius 3 is 1.66 bits per heavy atom. The lowest BCUT2D eigenvalue weighted by atomic mass is 9.90. The van der Waals surface area contributed by atoms with Crippen molar-refractivity contribution in [3.8, 4) is 0 Å². The molecule has 1 saturated carbocycles. The first-order valence-electron chi connectivity index (χ1n) is 13.0. The van der Waals surface area contributed by atoms with Gasteiger partial charge in [0.25, 0.3) is 0 Å². The molecule has 4 atom stereocenters. The predicted octanol–water partition coefficient (Wildman–Crippen LogP) is 8.96. The zero-order valence-corrected chi connectivity index (χ0v) is 23.4. The fourth-order valence-electron chi connectivity index (χ4n) is 5.91. The molecule has 1 aliphatic rings. The van der Waals surface area contributed by atoms with Gasteiger partial charge in [0.2, 0.25) is 0 Å². The second-order valence-electron chi connectivity index (χ2n) is 10.7. The standard InChI is InChI=1S/C30H29F9NP/c1-18-12-20(28(31,32)33)15-23(13-18)41(24-16-21(29(34,35)36)14-22(17-24)30(37,38)39)26-11-7-10-25(26)27(40(2)3)19-8-5-4-6-9-19/h4-6,8-9,12-17,25-27H,7,10-11H2,1-3H3/t25?,26?,27-,41?/m1/s1. The van der Waals surface area contributed by atoms with E-state index in [2.05, 4.69) is 0 Å². The quantitative estimate of drug-likeness (QED) is 0.200. The summed E-state index contributed by atoms with van der Waals surface area (Å²) in [4.78, 5) is 1.95. The monoisotopic (exact) mass is 605 g/mol. The Morgan fingerprint density at radius 1 is 0.683 bits per heavy atom. The van der Waals surface area contributed by atoms with Crippen LogP contribution in [-0.2, 0) is 18.5 Å². The molecule has 0 bridgehead atoms. The molecular weight excluding hydrogens is 576 g/mol. The van der Waals surface area contributed by atoms with Crippen LogP contribution in [0.2, 0.25) is 0 Å². The molecule has 0 heterocycles. The Morgan fingerprint density at radius 2 is 1.17 bits per heavy atom. The van der Waals surface area contributed by atoms with E-state index in [0.29, 0.717) is 31.4 Å². The molecule has 1 aliphatic carbocycles. The Hall–Kier alpha value is -2.58. The highest BCUT2D eigenvalue weighted by Crippen LogP contribution is 2.55. The molecule has 11 heteroatoms. The third-order valence-electron chi connectivity index (χ3n) is 7.48. The Balaban J connectivity index is 1.99. The fourth-order valence-corrected chi connectivity index (χ4v) is 9.29. The number of rotatable bonds is 6. The highest BCUT2D eigenvalue weighted by molar-refractivity contribution is 7.73. The predicted molar refractivity (Wildman–Crippen MR) is 143 cm³/mol. The fraction of sp³-hybridized carbons (Fsp3) is 0.400. The molecule has 3 aromatic carbocycles. The summed E-state index contributed by atoms with van der Waals surface area (Å²) in [5.74, 6) is -0.225. The normalized spacial score (nSPS) is 19.9. The van der Waals surface area contributed by atoms with Crippen LogP contribution >= 0.6 is 7.92 Å². The van der Waals surface area contributed by atoms with E-state index in [1.54, 1.807) is 0 Å². The number of nitrogens with zero attached hydrogens (tertiary/aromatic N) is 1. The molecular formula is C30H29F9NP. The average molecular weight is 606 g/mol. The van der Waals surface area contributed by atoms with E-state index in [1.165, 1.54) is 13.0 Å². The molecule has 0 N–H and O–H groups in total. The van der Waals surface area contributed by atoms with E-state index in [1.807, 2.05) is 49.3 Å². The number of aryl methyl sites for hydroxylation is 1. The maximum atomic E-state index is 13.9. The van der Waals surface area contributed by atoms with E-state index in [0.717, 1.165) is 17.7 Å².